The van der Waals surface area contributed by atoms with Gasteiger partial charge in [-0.2, -0.15) is 0 Å². The first-order valence-corrected chi connectivity index (χ1v) is 40.7. The molecule has 0 spiro atoms. The Morgan fingerprint density at radius 2 is 0.565 bits per heavy atom. The van der Waals surface area contributed by atoms with Crippen LogP contribution in [0.5, 0.6) is 0 Å². The van der Waals surface area contributed by atoms with Gasteiger partial charge in [0.05, 0.1) is 22.3 Å². The predicted octanol–water partition coefficient (Wildman–Crippen LogP) is 28.0. The van der Waals surface area contributed by atoms with Crippen molar-refractivity contribution in [2.75, 3.05) is 0 Å². The molecule has 0 aliphatic heterocycles. The van der Waals surface area contributed by atoms with Gasteiger partial charge in [0.25, 0.3) is 0 Å². The van der Waals surface area contributed by atoms with Gasteiger partial charge >= 0.3 is 0 Å². The smallest absolute Gasteiger partial charge is 0.216 e. The number of rotatable bonds is 4. The molecule has 8 heteroatoms. The number of benzene rings is 12. The third-order valence-corrected chi connectivity index (χ3v) is 25.7. The summed E-state index contributed by atoms with van der Waals surface area (Å²) in [6.45, 7) is -24.8. The van der Waals surface area contributed by atoms with E-state index >= 15 is 0 Å². The van der Waals surface area contributed by atoms with E-state index in [1.807, 2.05) is 126 Å². The molecule has 0 unspecified atom stereocenters. The van der Waals surface area contributed by atoms with Crippen molar-refractivity contribution in [2.45, 2.75) is 132 Å². The number of pyridine rings is 4. The largest absolute Gasteiger partial charge is 0.455 e. The summed E-state index contributed by atoms with van der Waals surface area (Å²) in [5, 5.41) is 5.02. The lowest BCUT2D eigenvalue weighted by atomic mass is 9.80. The summed E-state index contributed by atoms with van der Waals surface area (Å²) in [4.78, 5) is 0. The summed E-state index contributed by atoms with van der Waals surface area (Å²) < 4.78 is 333. The Labute approximate surface area is 776 Å². The van der Waals surface area contributed by atoms with Crippen molar-refractivity contribution in [3.05, 3.63) is 356 Å². The molecule has 8 nitrogen and oxygen atoms in total. The highest BCUT2D eigenvalue weighted by molar-refractivity contribution is 6.17. The lowest BCUT2D eigenvalue weighted by Crippen LogP contribution is -2.30. The molecule has 0 N–H and O–H groups in total. The summed E-state index contributed by atoms with van der Waals surface area (Å²) >= 11 is 0. The van der Waals surface area contributed by atoms with Gasteiger partial charge in [-0.05, 0) is 219 Å². The van der Waals surface area contributed by atoms with Crippen LogP contribution in [0.25, 0.3) is 177 Å². The summed E-state index contributed by atoms with van der Waals surface area (Å²) in [5.41, 5.74) is 9.76. The third kappa shape index (κ3) is 11.6. The monoisotopic (exact) mass is 1650 g/mol. The lowest BCUT2D eigenvalue weighted by molar-refractivity contribution is -0.660. The first-order valence-electron chi connectivity index (χ1n) is 58.7. The van der Waals surface area contributed by atoms with Gasteiger partial charge in [-0.1, -0.05) is 213 Å². The van der Waals surface area contributed by atoms with Crippen LogP contribution in [0.15, 0.2) is 285 Å². The fraction of sp³-hybridized carbons (Fsp3) is 0.207. The highest BCUT2D eigenvalue weighted by Crippen LogP contribution is 2.58. The van der Waals surface area contributed by atoms with Crippen LogP contribution >= 0.6 is 0 Å². The van der Waals surface area contributed by atoms with Gasteiger partial charge in [0, 0.05) is 168 Å². The molecule has 0 fully saturated rings. The van der Waals surface area contributed by atoms with Crippen LogP contribution in [-0.4, -0.2) is 0 Å². The molecule has 12 aromatic carbocycles. The second-order valence-corrected chi connectivity index (χ2v) is 33.3. The van der Waals surface area contributed by atoms with Crippen LogP contribution in [0, 0.1) is 55.1 Å². The number of aryl methyl sites for hydroxylation is 12. The Kier molecular flexibility index (Phi) is 10.8. The average Bonchev–Trinajstić information content (AvgIpc) is 1.51. The third-order valence-electron chi connectivity index (χ3n) is 25.7. The fourth-order valence-electron chi connectivity index (χ4n) is 19.6. The Hall–Kier alpha value is -13.6. The summed E-state index contributed by atoms with van der Waals surface area (Å²) in [7, 11) is 7.27. The molecule has 0 atom stereocenters. The van der Waals surface area contributed by atoms with E-state index in [1.165, 1.54) is 0 Å². The molecule has 20 aromatic rings. The fourth-order valence-corrected chi connectivity index (χ4v) is 19.6. The number of hydrogen-bond donors (Lipinski definition) is 0. The molecule has 124 heavy (non-hydrogen) atoms. The Morgan fingerprint density at radius 1 is 0.242 bits per heavy atom. The van der Waals surface area contributed by atoms with E-state index in [0.717, 1.165) is 27.6 Å². The van der Waals surface area contributed by atoms with Crippen LogP contribution in [0.3, 0.4) is 0 Å². The van der Waals surface area contributed by atoms with E-state index in [-0.39, 0.29) is 72.3 Å². The maximum atomic E-state index is 8.64. The maximum Gasteiger partial charge on any atom is 0.216 e. The van der Waals surface area contributed by atoms with Crippen molar-refractivity contribution in [1.82, 2.24) is 0 Å². The predicted molar refractivity (Wildman–Crippen MR) is 509 cm³/mol. The number of furan rings is 4. The maximum absolute atomic E-state index is 8.64. The van der Waals surface area contributed by atoms with Crippen molar-refractivity contribution < 1.29 is 85.3 Å². The second kappa shape index (κ2) is 28.0. The van der Waals surface area contributed by atoms with Crippen LogP contribution in [-0.2, 0) is 49.9 Å². The van der Waals surface area contributed by atoms with Crippen LogP contribution in [0.2, 0.25) is 0 Å². The van der Waals surface area contributed by atoms with Crippen LogP contribution < -0.4 is 18.3 Å². The standard InChI is InChI=1S/4C29H26NO/c1-17-12-13-30(5)25(14-17)27-18(2)10-11-20-22-15-24-21(16-26(22)31-28(20)27)19-8-6-7-9-23(19)29(24,3)4;1-17-12-13-30(5)25(14-17)27-18(2)10-11-20-22-15-21-19-8-6-7-9-23(19)29(3,4)24(21)16-26(22)31-28(20)27;1-17-14-15-30(5)24(16-17)25-18(2)10-11-21-22-13-12-20-19-8-6-7-9-23(19)29(3,4)26(20)28(22)31-27(21)25;1-17-14-15-30(5)23(16-17)25-18(2)10-11-21-26-24(31-28(21)25)13-12-20-19-8-6-7-9-22(19)29(3,4)27(20)26/h4*6-16H,1-5H3/q4*+1/i4*1D3,3D3,4D3. The Bertz CT molecular complexity index is 9290. The van der Waals surface area contributed by atoms with Crippen molar-refractivity contribution in [2.24, 2.45) is 28.2 Å². The SMILES string of the molecule is [2H]C([2H])([2H])c1cc[n+](C)c(-c2c(C)ccc3c2oc2c4c(ccc23)-c2ccccc2C4(C([2H])([2H])[2H])C([2H])([2H])[2H])c1.[2H]C([2H])([2H])c1cc[n+](C)c(-c2c(C)ccc3c2oc2cc4c(cc23)-c2ccccc2C4(C([2H])([2H])[2H])C([2H])([2H])[2H])c1.[2H]C([2H])([2H])c1cc[n+](C)c(-c2c(C)ccc3c2oc2cc4c(cc23)C(C([2H])([2H])[2H])(C([2H])([2H])[2H])c2ccccc2-4)c1.[2H]C([2H])([2H])c1cc[n+](C)c(-c2c(C)ccc3c2oc2ccc4c(c23)C(C([2H])([2H])[2H])(C([2H])([2H])[2H])c2ccccc2-4)c1. The molecule has 0 bridgehead atoms. The zero-order valence-electron chi connectivity index (χ0n) is 105. The van der Waals surface area contributed by atoms with Gasteiger partial charge in [-0.3, -0.25) is 0 Å². The first kappa shape index (κ1) is 47.7. The number of nitrogens with zero attached hydrogens (tertiary/aromatic N) is 4. The Morgan fingerprint density at radius 3 is 1.01 bits per heavy atom. The van der Waals surface area contributed by atoms with Crippen molar-refractivity contribution in [1.29, 1.82) is 0 Å². The van der Waals surface area contributed by atoms with Gasteiger partial charge in [-0.15, -0.1) is 0 Å². The quantitative estimate of drug-likeness (QED) is 0.165. The van der Waals surface area contributed by atoms with Crippen molar-refractivity contribution in [3.8, 4) is 89.5 Å². The molecule has 0 radical (unpaired) electrons. The molecule has 24 rings (SSSR count). The minimum atomic E-state index is -2.92. The molecular weight excluding hydrogens is 1510 g/mol. The van der Waals surface area contributed by atoms with Crippen LogP contribution in [0.1, 0.15) is 193 Å². The molecule has 8 aromatic heterocycles. The van der Waals surface area contributed by atoms with Gasteiger partial charge in [0.2, 0.25) is 22.8 Å². The second-order valence-electron chi connectivity index (χ2n) is 33.3. The molecule has 0 saturated carbocycles. The zero-order chi connectivity index (χ0) is 116. The van der Waals surface area contributed by atoms with Gasteiger partial charge in [0.1, 0.15) is 72.9 Å². The topological polar surface area (TPSA) is 68.1 Å². The van der Waals surface area contributed by atoms with Gasteiger partial charge in [-0.25, -0.2) is 18.3 Å². The van der Waals surface area contributed by atoms with Crippen LogP contribution in [0.4, 0.5) is 0 Å². The van der Waals surface area contributed by atoms with Crippen molar-refractivity contribution in [3.63, 3.8) is 0 Å². The highest BCUT2D eigenvalue weighted by Gasteiger charge is 2.43. The Balaban J connectivity index is 0.000000123. The van der Waals surface area contributed by atoms with E-state index in [9.17, 15) is 0 Å². The summed E-state index contributed by atoms with van der Waals surface area (Å²) in [5.74, 6) is 0. The average molecular weight is 1650 g/mol. The summed E-state index contributed by atoms with van der Waals surface area (Å²) in [6, 6.07) is 68.8. The molecule has 0 saturated heterocycles. The van der Waals surface area contributed by atoms with E-state index in [1.54, 1.807) is 216 Å². The minimum Gasteiger partial charge on any atom is -0.455 e. The van der Waals surface area contributed by atoms with E-state index in [0.29, 0.717) is 166 Å². The molecule has 4 aliphatic rings. The van der Waals surface area contributed by atoms with E-state index in [2.05, 4.69) is 0 Å². The molecule has 4 aliphatic carbocycles. The number of aromatic nitrogens is 4. The molecular formula is C116H104N4O4+4. The van der Waals surface area contributed by atoms with E-state index in [4.69, 9.17) is 67.0 Å². The lowest BCUT2D eigenvalue weighted by Gasteiger charge is -2.22. The zero-order valence-corrected chi connectivity index (χ0v) is 68.8. The number of hydrogen-bond acceptors (Lipinski definition) is 4. The highest BCUT2D eigenvalue weighted by atomic mass is 16.3. The molecule has 0 amide bonds. The van der Waals surface area contributed by atoms with E-state index < -0.39 is 104 Å². The molecule has 608 valence electrons. The van der Waals surface area contributed by atoms with Gasteiger partial charge < -0.3 is 17.7 Å². The first-order chi connectivity index (χ1) is 74.3. The minimum absolute atomic E-state index is 0.131. The summed E-state index contributed by atoms with van der Waals surface area (Å²) in [6.07, 6.45) is 6.76. The number of fused-ring (bicyclic) bond motifs is 26. The van der Waals surface area contributed by atoms with Crippen molar-refractivity contribution >= 4 is 87.8 Å². The molecule has 8 heterocycles. The van der Waals surface area contributed by atoms with Gasteiger partial charge in [0.15, 0.2) is 24.8 Å². The normalized spacial score (nSPS) is 19.7.